The highest BCUT2D eigenvalue weighted by atomic mass is 16.4. The molecule has 2 rings (SSSR count). The van der Waals surface area contributed by atoms with Gasteiger partial charge >= 0.3 is 6.07 Å². The summed E-state index contributed by atoms with van der Waals surface area (Å²) >= 11 is 0. The summed E-state index contributed by atoms with van der Waals surface area (Å²) in [7, 11) is 0. The van der Waals surface area contributed by atoms with Gasteiger partial charge in [-0.2, -0.15) is 0 Å². The molecule has 0 radical (unpaired) electrons. The minimum Gasteiger partial charge on any atom is -0.498 e. The van der Waals surface area contributed by atoms with Crippen LogP contribution in [0.15, 0.2) is 36.7 Å². The van der Waals surface area contributed by atoms with Crippen molar-refractivity contribution in [2.24, 2.45) is 0 Å². The molecule has 0 unspecified atom stereocenters. The van der Waals surface area contributed by atoms with Crippen molar-refractivity contribution < 1.29 is 0 Å². The maximum absolute atomic E-state index is 9.94. The average molecular weight is 170 g/mol. The molecule has 0 aliphatic rings. The molecule has 1 aromatic carbocycles. The van der Waals surface area contributed by atoms with E-state index in [0.29, 0.717) is 5.56 Å². The van der Waals surface area contributed by atoms with Gasteiger partial charge in [-0.25, -0.2) is 0 Å². The van der Waals surface area contributed by atoms with E-state index in [1.165, 1.54) is 0 Å². The largest absolute Gasteiger partial charge is 0.498 e. The maximum Gasteiger partial charge on any atom is 0.336 e. The van der Waals surface area contributed by atoms with Gasteiger partial charge in [0.2, 0.25) is 0 Å². The molecular formula is C10H6N2O. The van der Waals surface area contributed by atoms with Gasteiger partial charge in [0.05, 0.1) is 0 Å². The van der Waals surface area contributed by atoms with Crippen molar-refractivity contribution >= 4 is 10.8 Å². The third-order valence-electron chi connectivity index (χ3n) is 1.82. The van der Waals surface area contributed by atoms with Crippen LogP contribution in [0, 0.1) is 11.3 Å². The lowest BCUT2D eigenvalue weighted by atomic mass is 10.1. The van der Waals surface area contributed by atoms with Gasteiger partial charge in [-0.05, 0) is 23.6 Å². The van der Waals surface area contributed by atoms with Gasteiger partial charge in [-0.3, -0.25) is 4.98 Å². The summed E-state index contributed by atoms with van der Waals surface area (Å²) in [6, 6.07) is 9.74. The van der Waals surface area contributed by atoms with Crippen molar-refractivity contribution in [3.63, 3.8) is 0 Å². The molecule has 3 heteroatoms. The molecule has 13 heavy (non-hydrogen) atoms. The van der Waals surface area contributed by atoms with Crippen LogP contribution < -0.4 is 0 Å². The SMILES string of the molecule is [O-][N+]#Cc1ccc2cnccc2c1. The van der Waals surface area contributed by atoms with E-state index in [2.05, 4.69) is 16.1 Å². The molecule has 1 heterocycles. The Labute approximate surface area is 75.0 Å². The second kappa shape index (κ2) is 3.11. The number of hydrogen-bond acceptors (Lipinski definition) is 2. The Morgan fingerprint density at radius 2 is 2.15 bits per heavy atom. The van der Waals surface area contributed by atoms with Crippen LogP contribution in [0.4, 0.5) is 0 Å². The molecule has 0 bridgehead atoms. The Hall–Kier alpha value is -2.08. The summed E-state index contributed by atoms with van der Waals surface area (Å²) in [6.45, 7) is 0. The van der Waals surface area contributed by atoms with Gasteiger partial charge in [0.15, 0.2) is 0 Å². The van der Waals surface area contributed by atoms with E-state index in [1.807, 2.05) is 18.2 Å². The van der Waals surface area contributed by atoms with Crippen molar-refractivity contribution in [2.45, 2.75) is 0 Å². The molecular weight excluding hydrogens is 164 g/mol. The zero-order valence-electron chi connectivity index (χ0n) is 6.77. The lowest BCUT2D eigenvalue weighted by Gasteiger charge is -1.93. The predicted molar refractivity (Wildman–Crippen MR) is 51.5 cm³/mol. The Kier molecular flexibility index (Phi) is 1.81. The molecule has 0 saturated heterocycles. The van der Waals surface area contributed by atoms with Gasteiger partial charge in [0, 0.05) is 22.8 Å². The highest BCUT2D eigenvalue weighted by Gasteiger charge is 1.96. The second-order valence-corrected chi connectivity index (χ2v) is 2.64. The first-order chi connectivity index (χ1) is 6.40. The fourth-order valence-electron chi connectivity index (χ4n) is 1.21. The van der Waals surface area contributed by atoms with E-state index in [-0.39, 0.29) is 0 Å². The van der Waals surface area contributed by atoms with Crippen LogP contribution in [-0.2, 0) is 0 Å². The third-order valence-corrected chi connectivity index (χ3v) is 1.82. The predicted octanol–water partition coefficient (Wildman–Crippen LogP) is 2.41. The van der Waals surface area contributed by atoms with Crippen molar-refractivity contribution in [3.05, 3.63) is 52.4 Å². The first-order valence-electron chi connectivity index (χ1n) is 3.82. The Bertz CT molecular complexity index is 497. The number of aromatic nitrogens is 1. The zero-order valence-corrected chi connectivity index (χ0v) is 6.77. The molecule has 2 aromatic rings. The van der Waals surface area contributed by atoms with E-state index in [0.717, 1.165) is 10.8 Å². The number of fused-ring (bicyclic) bond motifs is 1. The van der Waals surface area contributed by atoms with Gasteiger partial charge < -0.3 is 5.21 Å². The molecule has 1 aromatic heterocycles. The molecule has 0 spiro atoms. The van der Waals surface area contributed by atoms with Crippen LogP contribution in [0.2, 0.25) is 0 Å². The van der Waals surface area contributed by atoms with Crippen LogP contribution in [-0.4, -0.2) is 4.98 Å². The van der Waals surface area contributed by atoms with Crippen LogP contribution in [0.5, 0.6) is 0 Å². The van der Waals surface area contributed by atoms with E-state index in [9.17, 15) is 5.21 Å². The summed E-state index contributed by atoms with van der Waals surface area (Å²) in [5.74, 6) is 0. The normalized spacial score (nSPS) is 9.23. The van der Waals surface area contributed by atoms with Crippen LogP contribution in [0.1, 0.15) is 5.56 Å². The van der Waals surface area contributed by atoms with E-state index >= 15 is 0 Å². The van der Waals surface area contributed by atoms with Gasteiger partial charge in [0.1, 0.15) is 5.56 Å². The molecule has 0 atom stereocenters. The van der Waals surface area contributed by atoms with Crippen molar-refractivity contribution in [2.75, 3.05) is 0 Å². The van der Waals surface area contributed by atoms with Crippen molar-refractivity contribution in [1.82, 2.24) is 4.98 Å². The highest BCUT2D eigenvalue weighted by molar-refractivity contribution is 5.82. The molecule has 0 fully saturated rings. The summed E-state index contributed by atoms with van der Waals surface area (Å²) in [4.78, 5) is 3.98. The monoisotopic (exact) mass is 170 g/mol. The van der Waals surface area contributed by atoms with Crippen molar-refractivity contribution in [3.8, 4) is 6.07 Å². The second-order valence-electron chi connectivity index (χ2n) is 2.64. The fraction of sp³-hybridized carbons (Fsp3) is 0. The smallest absolute Gasteiger partial charge is 0.336 e. The summed E-state index contributed by atoms with van der Waals surface area (Å²) < 4.78 is 0. The minimum absolute atomic E-state index is 0.689. The lowest BCUT2D eigenvalue weighted by molar-refractivity contribution is 1.36. The van der Waals surface area contributed by atoms with Gasteiger partial charge in [-0.1, -0.05) is 6.07 Å². The summed E-state index contributed by atoms with van der Waals surface area (Å²) in [6.07, 6.45) is 3.48. The van der Waals surface area contributed by atoms with Crippen LogP contribution in [0.3, 0.4) is 0 Å². The highest BCUT2D eigenvalue weighted by Crippen LogP contribution is 2.13. The average Bonchev–Trinajstić information content (AvgIpc) is 2.18. The number of pyridine rings is 1. The summed E-state index contributed by atoms with van der Waals surface area (Å²) in [5, 5.41) is 14.6. The first-order valence-corrected chi connectivity index (χ1v) is 3.82. The molecule has 0 aliphatic carbocycles. The molecule has 0 N–H and O–H groups in total. The fourth-order valence-corrected chi connectivity index (χ4v) is 1.21. The standard InChI is InChI=1S/C10H6N2O/c13-12-6-8-1-2-10-7-11-4-3-9(10)5-8/h1-5,7H. The van der Waals surface area contributed by atoms with E-state index in [4.69, 9.17) is 0 Å². The summed E-state index contributed by atoms with van der Waals surface area (Å²) in [5.41, 5.74) is 0.689. The van der Waals surface area contributed by atoms with E-state index in [1.54, 1.807) is 18.5 Å². The number of hydrogen-bond donors (Lipinski definition) is 0. The molecule has 0 aliphatic heterocycles. The zero-order chi connectivity index (χ0) is 9.10. The molecule has 62 valence electrons. The quantitative estimate of drug-likeness (QED) is 0.569. The molecule has 0 saturated carbocycles. The van der Waals surface area contributed by atoms with Crippen molar-refractivity contribution in [1.29, 1.82) is 0 Å². The Morgan fingerprint density at radius 1 is 1.23 bits per heavy atom. The molecule has 3 nitrogen and oxygen atoms in total. The van der Waals surface area contributed by atoms with Gasteiger partial charge in [-0.15, -0.1) is 0 Å². The number of nitrogens with zero attached hydrogens (tertiary/aromatic N) is 2. The van der Waals surface area contributed by atoms with Gasteiger partial charge in [0.25, 0.3) is 0 Å². The first kappa shape index (κ1) is 7.56. The Balaban J connectivity index is 2.66. The van der Waals surface area contributed by atoms with E-state index < -0.39 is 0 Å². The lowest BCUT2D eigenvalue weighted by Crippen LogP contribution is -1.77. The topological polar surface area (TPSA) is 40.3 Å². The number of benzene rings is 1. The van der Waals surface area contributed by atoms with Crippen LogP contribution >= 0.6 is 0 Å². The number of rotatable bonds is 0. The Morgan fingerprint density at radius 3 is 3.00 bits per heavy atom. The minimum atomic E-state index is 0.689. The van der Waals surface area contributed by atoms with Crippen LogP contribution in [0.25, 0.3) is 15.8 Å². The molecule has 0 amide bonds. The third kappa shape index (κ3) is 1.42. The maximum atomic E-state index is 9.94.